The minimum atomic E-state index is -1.38. The normalized spacial score (nSPS) is 26.5. The number of hydrogen-bond donors (Lipinski definition) is 2. The summed E-state index contributed by atoms with van der Waals surface area (Å²) in [5.41, 5.74) is -0.230. The number of carbonyl (C=O) groups excluding carboxylic acids is 4. The van der Waals surface area contributed by atoms with Gasteiger partial charge in [-0.2, -0.15) is 0 Å². The van der Waals surface area contributed by atoms with Gasteiger partial charge in [-0.05, 0) is 42.7 Å². The number of amides is 3. The molecule has 0 saturated carbocycles. The highest BCUT2D eigenvalue weighted by molar-refractivity contribution is 9.09. The third kappa shape index (κ3) is 7.20. The first-order valence-corrected chi connectivity index (χ1v) is 17.5. The monoisotopic (exact) mass is 757 g/mol. The van der Waals surface area contributed by atoms with Gasteiger partial charge in [-0.15, -0.1) is 13.2 Å². The lowest BCUT2D eigenvalue weighted by molar-refractivity contribution is -0.163. The Balaban J connectivity index is 1.50. The number of alkyl halides is 1. The predicted octanol–water partition coefficient (Wildman–Crippen LogP) is 3.98. The van der Waals surface area contributed by atoms with E-state index in [1.54, 1.807) is 60.7 Å². The number of methoxy groups -OCH3 is 1. The fraction of sp³-hybridized carbons (Fsp3) is 0.444. The molecule has 3 aliphatic heterocycles. The summed E-state index contributed by atoms with van der Waals surface area (Å²) in [6, 6.07) is 13.8. The molecule has 1 unspecified atom stereocenters. The zero-order valence-corrected chi connectivity index (χ0v) is 29.6. The summed E-state index contributed by atoms with van der Waals surface area (Å²) in [4.78, 5) is 58.5. The fourth-order valence-electron chi connectivity index (χ4n) is 7.37. The maximum atomic E-state index is 14.6. The molecule has 0 radical (unpaired) electrons. The standard InChI is InChI=1S/C36H41BrClN3O8/c1-4-6-12-27(43)39-26(21-47-3)30(22-10-8-7-9-11-22)48-35(46)28-29-33(44)41(18-19-42)32(36(29)20-25(37)31(28)49-36)34(45)40(17-5-2)24-15-13-23(38)14-16-24/h4-5,7-11,13-16,25-26,28-32,42H,1-2,6,12,17-21H2,3H3,(H,39,43)/t25?,26-,28+,29-,30-,31+,32+,36-/m0/s1. The van der Waals surface area contributed by atoms with Crippen molar-refractivity contribution in [2.75, 3.05) is 38.3 Å². The van der Waals surface area contributed by atoms with Crippen LogP contribution in [0.4, 0.5) is 5.69 Å². The molecule has 3 saturated heterocycles. The van der Waals surface area contributed by atoms with E-state index in [-0.39, 0.29) is 43.3 Å². The molecule has 3 fully saturated rings. The second-order valence-electron chi connectivity index (χ2n) is 12.4. The Bertz CT molecular complexity index is 1540. The molecule has 2 aromatic carbocycles. The first kappa shape index (κ1) is 36.7. The minimum absolute atomic E-state index is 0.0370. The Morgan fingerprint density at radius 1 is 1.18 bits per heavy atom. The second-order valence-corrected chi connectivity index (χ2v) is 14.0. The van der Waals surface area contributed by atoms with Gasteiger partial charge >= 0.3 is 5.97 Å². The molecular formula is C36H41BrClN3O8. The quantitative estimate of drug-likeness (QED) is 0.149. The number of likely N-dealkylation sites (tertiary alicyclic amines) is 1. The summed E-state index contributed by atoms with van der Waals surface area (Å²) < 4.78 is 18.3. The van der Waals surface area contributed by atoms with Crippen molar-refractivity contribution in [3.63, 3.8) is 0 Å². The van der Waals surface area contributed by atoms with Crippen molar-refractivity contribution in [2.24, 2.45) is 11.8 Å². The number of aliphatic hydroxyl groups is 1. The molecule has 3 amide bonds. The fourth-order valence-corrected chi connectivity index (χ4v) is 8.44. The van der Waals surface area contributed by atoms with Crippen LogP contribution in [0.25, 0.3) is 0 Å². The maximum Gasteiger partial charge on any atom is 0.313 e. The van der Waals surface area contributed by atoms with Crippen LogP contribution < -0.4 is 10.2 Å². The van der Waals surface area contributed by atoms with E-state index in [1.807, 2.05) is 6.07 Å². The van der Waals surface area contributed by atoms with Crippen LogP contribution in [0.5, 0.6) is 0 Å². The Morgan fingerprint density at radius 2 is 1.90 bits per heavy atom. The van der Waals surface area contributed by atoms with Gasteiger partial charge in [-0.1, -0.05) is 70.0 Å². The molecule has 11 nitrogen and oxygen atoms in total. The van der Waals surface area contributed by atoms with Crippen molar-refractivity contribution in [3.8, 4) is 0 Å². The summed E-state index contributed by atoms with van der Waals surface area (Å²) in [7, 11) is 1.49. The van der Waals surface area contributed by atoms with Crippen LogP contribution >= 0.6 is 27.5 Å². The molecule has 0 aromatic heterocycles. The van der Waals surface area contributed by atoms with E-state index < -0.39 is 66.1 Å². The molecule has 3 heterocycles. The van der Waals surface area contributed by atoms with Crippen LogP contribution in [0.15, 0.2) is 79.9 Å². The van der Waals surface area contributed by atoms with Gasteiger partial charge < -0.3 is 34.4 Å². The zero-order chi connectivity index (χ0) is 35.3. The lowest BCUT2D eigenvalue weighted by atomic mass is 9.70. The third-order valence-electron chi connectivity index (χ3n) is 9.36. The first-order valence-electron chi connectivity index (χ1n) is 16.2. The molecule has 2 bridgehead atoms. The zero-order valence-electron chi connectivity index (χ0n) is 27.2. The van der Waals surface area contributed by atoms with Gasteiger partial charge in [0.25, 0.3) is 5.91 Å². The number of rotatable bonds is 16. The van der Waals surface area contributed by atoms with Crippen molar-refractivity contribution in [2.45, 2.75) is 54.0 Å². The number of β-amino-alcohol motifs (C(OH)–C–C–N with tert-alkyl or cyclic N) is 1. The van der Waals surface area contributed by atoms with Crippen LogP contribution in [0, 0.1) is 11.8 Å². The molecule has 2 aromatic rings. The Hall–Kier alpha value is -3.55. The largest absolute Gasteiger partial charge is 0.455 e. The van der Waals surface area contributed by atoms with E-state index in [9.17, 15) is 24.3 Å². The van der Waals surface area contributed by atoms with Gasteiger partial charge in [0.2, 0.25) is 11.8 Å². The van der Waals surface area contributed by atoms with Crippen molar-refractivity contribution in [3.05, 3.63) is 90.5 Å². The third-order valence-corrected chi connectivity index (χ3v) is 10.5. The van der Waals surface area contributed by atoms with E-state index in [0.717, 1.165) is 0 Å². The van der Waals surface area contributed by atoms with Gasteiger partial charge in [0, 0.05) is 42.2 Å². The maximum absolute atomic E-state index is 14.6. The van der Waals surface area contributed by atoms with Crippen molar-refractivity contribution in [1.29, 1.82) is 0 Å². The molecule has 5 rings (SSSR count). The number of anilines is 1. The van der Waals surface area contributed by atoms with Crippen molar-refractivity contribution in [1.82, 2.24) is 10.2 Å². The summed E-state index contributed by atoms with van der Waals surface area (Å²) in [6.07, 6.45) is 2.39. The Labute approximate surface area is 299 Å². The van der Waals surface area contributed by atoms with E-state index >= 15 is 0 Å². The van der Waals surface area contributed by atoms with Gasteiger partial charge in [0.1, 0.15) is 17.7 Å². The highest BCUT2D eigenvalue weighted by Gasteiger charge is 2.77. The smallest absolute Gasteiger partial charge is 0.313 e. The van der Waals surface area contributed by atoms with Gasteiger partial charge in [-0.3, -0.25) is 19.2 Å². The van der Waals surface area contributed by atoms with Crippen LogP contribution in [0.3, 0.4) is 0 Å². The van der Waals surface area contributed by atoms with Crippen LogP contribution in [-0.4, -0.2) is 95.7 Å². The van der Waals surface area contributed by atoms with E-state index in [0.29, 0.717) is 22.7 Å². The van der Waals surface area contributed by atoms with Gasteiger partial charge in [-0.25, -0.2) is 0 Å². The summed E-state index contributed by atoms with van der Waals surface area (Å²) in [5, 5.41) is 13.5. The molecule has 1 spiro atoms. The van der Waals surface area contributed by atoms with Gasteiger partial charge in [0.15, 0.2) is 0 Å². The molecule has 0 aliphatic carbocycles. The van der Waals surface area contributed by atoms with Crippen molar-refractivity contribution < 1.29 is 38.5 Å². The van der Waals surface area contributed by atoms with Crippen LogP contribution in [-0.2, 0) is 33.4 Å². The second kappa shape index (κ2) is 16.0. The molecule has 3 aliphatic rings. The van der Waals surface area contributed by atoms with E-state index in [1.165, 1.54) is 16.9 Å². The first-order chi connectivity index (χ1) is 23.6. The van der Waals surface area contributed by atoms with E-state index in [4.69, 9.17) is 25.8 Å². The Morgan fingerprint density at radius 3 is 2.53 bits per heavy atom. The van der Waals surface area contributed by atoms with Crippen molar-refractivity contribution >= 4 is 56.9 Å². The number of ether oxygens (including phenoxy) is 3. The topological polar surface area (TPSA) is 135 Å². The highest BCUT2D eigenvalue weighted by atomic mass is 79.9. The highest BCUT2D eigenvalue weighted by Crippen LogP contribution is 2.60. The molecule has 262 valence electrons. The number of nitrogens with one attached hydrogen (secondary N) is 1. The average molecular weight is 759 g/mol. The number of esters is 1. The summed E-state index contributed by atoms with van der Waals surface area (Å²) in [5.74, 6) is -4.03. The number of fused-ring (bicyclic) bond motifs is 1. The van der Waals surface area contributed by atoms with Crippen LogP contribution in [0.1, 0.15) is 30.9 Å². The number of nitrogens with zero attached hydrogens (tertiary/aromatic N) is 2. The number of benzene rings is 2. The summed E-state index contributed by atoms with van der Waals surface area (Å²) in [6.45, 7) is 7.11. The molecule has 13 heteroatoms. The molecule has 8 atom stereocenters. The minimum Gasteiger partial charge on any atom is -0.455 e. The molecule has 49 heavy (non-hydrogen) atoms. The number of allylic oxidation sites excluding steroid dienone is 1. The summed E-state index contributed by atoms with van der Waals surface area (Å²) >= 11 is 9.80. The number of carbonyl (C=O) groups is 4. The lowest BCUT2D eigenvalue weighted by Crippen LogP contribution is -2.57. The predicted molar refractivity (Wildman–Crippen MR) is 187 cm³/mol. The number of hydrogen-bond acceptors (Lipinski definition) is 8. The Kier molecular flexibility index (Phi) is 12.0. The SMILES string of the molecule is C=CCCC(=O)N[C@@H](COC)[C@@H](OC(=O)[C@H]1[C@@H]2O[C@@]3(CC2Br)[C@@H]1C(=O)N(CCO)[C@@H]3C(=O)N(CC=C)c1ccc(Cl)cc1)c1ccccc1. The molecular weight excluding hydrogens is 718 g/mol. The number of aliphatic hydroxyl groups excluding tert-OH is 1. The lowest BCUT2D eigenvalue weighted by Gasteiger charge is -2.37. The number of halogens is 2. The van der Waals surface area contributed by atoms with Crippen LogP contribution in [0.2, 0.25) is 5.02 Å². The average Bonchev–Trinajstić information content (AvgIpc) is 3.69. The van der Waals surface area contributed by atoms with Gasteiger partial charge in [0.05, 0.1) is 37.2 Å². The van der Waals surface area contributed by atoms with E-state index in [2.05, 4.69) is 34.4 Å². The molecule has 2 N–H and O–H groups in total.